The summed E-state index contributed by atoms with van der Waals surface area (Å²) < 4.78 is 26.6. The van der Waals surface area contributed by atoms with Crippen molar-refractivity contribution >= 4 is 26.7 Å². The summed E-state index contributed by atoms with van der Waals surface area (Å²) in [5.74, 6) is 0. The normalized spacial score (nSPS) is 11.7. The van der Waals surface area contributed by atoms with Gasteiger partial charge in [-0.05, 0) is 49.2 Å². The van der Waals surface area contributed by atoms with Gasteiger partial charge in [0.15, 0.2) is 0 Å². The van der Waals surface area contributed by atoms with Crippen LogP contribution in [-0.2, 0) is 10.0 Å². The molecule has 0 aliphatic rings. The number of nitro benzene ring substituents is 1. The number of imidazole rings is 1. The molecule has 3 rings (SSSR count). The van der Waals surface area contributed by atoms with Gasteiger partial charge in [0.05, 0.1) is 20.9 Å². The Morgan fingerprint density at radius 1 is 1.09 bits per heavy atom. The van der Waals surface area contributed by atoms with Crippen LogP contribution < -0.4 is 0 Å². The van der Waals surface area contributed by atoms with Crippen LogP contribution in [0, 0.1) is 24.0 Å². The first-order chi connectivity index (χ1) is 10.8. The van der Waals surface area contributed by atoms with Gasteiger partial charge >= 0.3 is 0 Å². The second-order valence-corrected chi connectivity index (χ2v) is 7.04. The van der Waals surface area contributed by atoms with Gasteiger partial charge in [0, 0.05) is 12.1 Å². The number of aryl methyl sites for hydroxylation is 2. The molecule has 0 amide bonds. The van der Waals surface area contributed by atoms with E-state index in [9.17, 15) is 18.5 Å². The largest absolute Gasteiger partial charge is 0.269 e. The average molecular weight is 331 g/mol. The van der Waals surface area contributed by atoms with E-state index in [-0.39, 0.29) is 10.6 Å². The monoisotopic (exact) mass is 331 g/mol. The van der Waals surface area contributed by atoms with Crippen molar-refractivity contribution in [3.8, 4) is 0 Å². The Morgan fingerprint density at radius 3 is 2.30 bits per heavy atom. The molecule has 3 aromatic rings. The van der Waals surface area contributed by atoms with Gasteiger partial charge in [-0.2, -0.15) is 0 Å². The zero-order chi connectivity index (χ0) is 16.8. The quantitative estimate of drug-likeness (QED) is 0.543. The van der Waals surface area contributed by atoms with Crippen LogP contribution in [0.2, 0.25) is 0 Å². The van der Waals surface area contributed by atoms with Crippen molar-refractivity contribution in [1.29, 1.82) is 0 Å². The van der Waals surface area contributed by atoms with E-state index < -0.39 is 14.9 Å². The first kappa shape index (κ1) is 15.2. The Hall–Kier alpha value is -2.74. The number of aromatic nitrogens is 2. The Bertz CT molecular complexity index is 1020. The molecular weight excluding hydrogens is 318 g/mol. The predicted octanol–water partition coefficient (Wildman–Crippen LogP) is 2.80. The third-order valence-corrected chi connectivity index (χ3v) is 5.41. The highest BCUT2D eigenvalue weighted by Crippen LogP contribution is 2.24. The molecule has 23 heavy (non-hydrogen) atoms. The molecule has 8 heteroatoms. The van der Waals surface area contributed by atoms with E-state index in [4.69, 9.17) is 0 Å². The fourth-order valence-electron chi connectivity index (χ4n) is 2.29. The molecule has 1 heterocycles. The summed E-state index contributed by atoms with van der Waals surface area (Å²) >= 11 is 0. The second-order valence-electron chi connectivity index (χ2n) is 5.22. The highest BCUT2D eigenvalue weighted by atomic mass is 32.2. The third kappa shape index (κ3) is 2.46. The molecule has 0 unspecified atom stereocenters. The van der Waals surface area contributed by atoms with E-state index in [1.807, 2.05) is 19.9 Å². The molecule has 0 aliphatic carbocycles. The van der Waals surface area contributed by atoms with Crippen molar-refractivity contribution in [1.82, 2.24) is 8.96 Å². The predicted molar refractivity (Wildman–Crippen MR) is 84.9 cm³/mol. The molecule has 1 aromatic heterocycles. The molecule has 0 radical (unpaired) electrons. The summed E-state index contributed by atoms with van der Waals surface area (Å²) in [5.41, 5.74) is 2.88. The van der Waals surface area contributed by atoms with Crippen molar-refractivity contribution in [3.05, 3.63) is 64.0 Å². The molecule has 0 saturated heterocycles. The van der Waals surface area contributed by atoms with E-state index in [0.717, 1.165) is 15.1 Å². The summed E-state index contributed by atoms with van der Waals surface area (Å²) in [4.78, 5) is 14.2. The summed E-state index contributed by atoms with van der Waals surface area (Å²) in [6, 6.07) is 8.37. The number of fused-ring (bicyclic) bond motifs is 1. The fourth-order valence-corrected chi connectivity index (χ4v) is 3.57. The SMILES string of the molecule is Cc1cc2ncn(S(=O)(=O)c3ccc([N+](=O)[O-])cc3)c2cc1C. The van der Waals surface area contributed by atoms with E-state index in [1.54, 1.807) is 6.07 Å². The van der Waals surface area contributed by atoms with Crippen LogP contribution in [0.25, 0.3) is 11.0 Å². The smallest absolute Gasteiger partial charge is 0.258 e. The molecular formula is C15H13N3O4S. The summed E-state index contributed by atoms with van der Waals surface area (Å²) in [7, 11) is -3.86. The van der Waals surface area contributed by atoms with Crippen LogP contribution in [0.1, 0.15) is 11.1 Å². The van der Waals surface area contributed by atoms with Gasteiger partial charge in [0.1, 0.15) is 6.33 Å². The second kappa shape index (κ2) is 5.17. The molecule has 0 aliphatic heterocycles. The molecule has 0 bridgehead atoms. The van der Waals surface area contributed by atoms with Crippen LogP contribution in [-0.4, -0.2) is 22.3 Å². The Labute approximate surface area is 132 Å². The molecule has 118 valence electrons. The number of benzene rings is 2. The van der Waals surface area contributed by atoms with Crippen LogP contribution in [0.15, 0.2) is 47.6 Å². The van der Waals surface area contributed by atoms with Crippen LogP contribution in [0.5, 0.6) is 0 Å². The highest BCUT2D eigenvalue weighted by Gasteiger charge is 2.21. The Balaban J connectivity index is 2.16. The van der Waals surface area contributed by atoms with Gasteiger partial charge < -0.3 is 0 Å². The van der Waals surface area contributed by atoms with Crippen LogP contribution >= 0.6 is 0 Å². The number of non-ortho nitro benzene ring substituents is 1. The van der Waals surface area contributed by atoms with Gasteiger partial charge in [-0.1, -0.05) is 0 Å². The Kier molecular flexibility index (Phi) is 3.41. The van der Waals surface area contributed by atoms with Gasteiger partial charge in [0.2, 0.25) is 0 Å². The lowest BCUT2D eigenvalue weighted by atomic mass is 10.1. The highest BCUT2D eigenvalue weighted by molar-refractivity contribution is 7.90. The number of nitrogens with zero attached hydrogens (tertiary/aromatic N) is 3. The topological polar surface area (TPSA) is 95.1 Å². The number of nitro groups is 1. The van der Waals surface area contributed by atoms with Crippen molar-refractivity contribution in [2.24, 2.45) is 0 Å². The van der Waals surface area contributed by atoms with Crippen LogP contribution in [0.3, 0.4) is 0 Å². The lowest BCUT2D eigenvalue weighted by Crippen LogP contribution is -2.12. The van der Waals surface area contributed by atoms with Gasteiger partial charge in [-0.25, -0.2) is 17.4 Å². The molecule has 0 spiro atoms. The summed E-state index contributed by atoms with van der Waals surface area (Å²) in [6.45, 7) is 3.82. The molecule has 7 nitrogen and oxygen atoms in total. The van der Waals surface area contributed by atoms with Crippen molar-refractivity contribution in [2.75, 3.05) is 0 Å². The fraction of sp³-hybridized carbons (Fsp3) is 0.133. The van der Waals surface area contributed by atoms with Crippen molar-refractivity contribution < 1.29 is 13.3 Å². The third-order valence-electron chi connectivity index (χ3n) is 3.73. The maximum atomic E-state index is 12.7. The minimum Gasteiger partial charge on any atom is -0.258 e. The first-order valence-corrected chi connectivity index (χ1v) is 8.19. The molecule has 0 saturated carbocycles. The summed E-state index contributed by atoms with van der Waals surface area (Å²) in [5, 5.41) is 10.7. The minimum absolute atomic E-state index is 0.0272. The maximum Gasteiger partial charge on any atom is 0.269 e. The van der Waals surface area contributed by atoms with E-state index in [2.05, 4.69) is 4.98 Å². The van der Waals surface area contributed by atoms with Crippen molar-refractivity contribution in [2.45, 2.75) is 18.7 Å². The number of hydrogen-bond donors (Lipinski definition) is 0. The first-order valence-electron chi connectivity index (χ1n) is 6.75. The van der Waals surface area contributed by atoms with E-state index in [0.29, 0.717) is 11.0 Å². The lowest BCUT2D eigenvalue weighted by molar-refractivity contribution is -0.384. The number of rotatable bonds is 3. The van der Waals surface area contributed by atoms with E-state index in [1.165, 1.54) is 30.6 Å². The molecule has 0 N–H and O–H groups in total. The molecule has 2 aromatic carbocycles. The lowest BCUT2D eigenvalue weighted by Gasteiger charge is -2.07. The number of hydrogen-bond acceptors (Lipinski definition) is 5. The van der Waals surface area contributed by atoms with Gasteiger partial charge in [0.25, 0.3) is 15.7 Å². The van der Waals surface area contributed by atoms with Gasteiger partial charge in [-0.15, -0.1) is 0 Å². The standard InChI is InChI=1S/C15H13N3O4S/c1-10-7-14-15(8-11(10)2)17(9-16-14)23(21,22)13-5-3-12(4-6-13)18(19)20/h3-9H,1-2H3. The van der Waals surface area contributed by atoms with Crippen molar-refractivity contribution in [3.63, 3.8) is 0 Å². The van der Waals surface area contributed by atoms with Crippen LogP contribution in [0.4, 0.5) is 5.69 Å². The summed E-state index contributed by atoms with van der Waals surface area (Å²) in [6.07, 6.45) is 1.25. The van der Waals surface area contributed by atoms with Gasteiger partial charge in [-0.3, -0.25) is 10.1 Å². The maximum absolute atomic E-state index is 12.7. The molecule has 0 atom stereocenters. The van der Waals surface area contributed by atoms with E-state index >= 15 is 0 Å². The molecule has 0 fully saturated rings. The zero-order valence-corrected chi connectivity index (χ0v) is 13.2. The zero-order valence-electron chi connectivity index (χ0n) is 12.4. The average Bonchev–Trinajstić information content (AvgIpc) is 2.91. The Morgan fingerprint density at radius 2 is 1.70 bits per heavy atom. The minimum atomic E-state index is -3.86.